The van der Waals surface area contributed by atoms with E-state index in [1.54, 1.807) is 54.7 Å². The zero-order valence-corrected chi connectivity index (χ0v) is 15.2. The Kier molecular flexibility index (Phi) is 4.87. The fraction of sp³-hybridized carbons (Fsp3) is 0.0556. The van der Waals surface area contributed by atoms with Gasteiger partial charge in [0.2, 0.25) is 0 Å². The summed E-state index contributed by atoms with van der Waals surface area (Å²) in [7, 11) is -3.78. The van der Waals surface area contributed by atoms with E-state index in [1.807, 2.05) is 0 Å². The summed E-state index contributed by atoms with van der Waals surface area (Å²) in [4.78, 5) is 2.73. The number of halogens is 2. The van der Waals surface area contributed by atoms with Crippen molar-refractivity contribution in [1.82, 2.24) is 4.98 Å². The molecule has 1 heterocycles. The lowest BCUT2D eigenvalue weighted by molar-refractivity contribution is 0.602. The molecule has 2 aromatic carbocycles. The van der Waals surface area contributed by atoms with Gasteiger partial charge in [-0.1, -0.05) is 35.3 Å². The Morgan fingerprint density at radius 2 is 1.80 bits per heavy atom. The average Bonchev–Trinajstić information content (AvgIpc) is 2.96. The number of fused-ring (bicyclic) bond motifs is 1. The maximum atomic E-state index is 12.6. The number of sulfone groups is 1. The topological polar surface area (TPSA) is 73.7 Å². The fourth-order valence-corrected chi connectivity index (χ4v) is 3.97. The van der Waals surface area contributed by atoms with Gasteiger partial charge in [-0.15, -0.1) is 0 Å². The van der Waals surface area contributed by atoms with Crippen LogP contribution in [0.1, 0.15) is 11.1 Å². The molecule has 0 amide bonds. The summed E-state index contributed by atoms with van der Waals surface area (Å²) in [5.74, 6) is -0.271. The molecule has 0 saturated carbocycles. The Hall–Kier alpha value is -2.26. The number of rotatable bonds is 4. The van der Waals surface area contributed by atoms with E-state index in [1.165, 1.54) is 6.08 Å². The van der Waals surface area contributed by atoms with Crippen molar-refractivity contribution in [3.8, 4) is 6.07 Å². The summed E-state index contributed by atoms with van der Waals surface area (Å²) in [6.45, 7) is 0. The molecule has 7 heteroatoms. The molecule has 0 aliphatic rings. The second kappa shape index (κ2) is 6.93. The molecule has 0 aliphatic heterocycles. The third-order valence-electron chi connectivity index (χ3n) is 3.68. The number of nitrogens with one attached hydrogen (secondary N) is 1. The number of aromatic amines is 1. The van der Waals surface area contributed by atoms with Crippen LogP contribution in [0.5, 0.6) is 0 Å². The number of H-pyrrole nitrogens is 1. The van der Waals surface area contributed by atoms with E-state index < -0.39 is 9.84 Å². The van der Waals surface area contributed by atoms with Crippen LogP contribution in [0.2, 0.25) is 10.0 Å². The van der Waals surface area contributed by atoms with Crippen molar-refractivity contribution in [2.75, 3.05) is 0 Å². The summed E-state index contributed by atoms with van der Waals surface area (Å²) in [6, 6.07) is 13.5. The highest BCUT2D eigenvalue weighted by Crippen LogP contribution is 2.26. The molecule has 0 saturated heterocycles. The Morgan fingerprint density at radius 1 is 1.12 bits per heavy atom. The molecule has 1 aromatic heterocycles. The van der Waals surface area contributed by atoms with E-state index in [0.717, 1.165) is 10.9 Å². The third kappa shape index (κ3) is 3.88. The van der Waals surface area contributed by atoms with Gasteiger partial charge in [0.25, 0.3) is 0 Å². The van der Waals surface area contributed by atoms with Gasteiger partial charge in [0.1, 0.15) is 11.0 Å². The van der Waals surface area contributed by atoms with E-state index in [9.17, 15) is 13.7 Å². The number of allylic oxidation sites excluding steroid dienone is 1. The lowest BCUT2D eigenvalue weighted by Gasteiger charge is -2.03. The van der Waals surface area contributed by atoms with Crippen LogP contribution in [0.15, 0.2) is 53.6 Å². The quantitative estimate of drug-likeness (QED) is 0.640. The summed E-state index contributed by atoms with van der Waals surface area (Å²) in [5.41, 5.74) is 1.96. The minimum Gasteiger partial charge on any atom is -0.361 e. The number of hydrogen-bond donors (Lipinski definition) is 1. The Bertz CT molecular complexity index is 1110. The summed E-state index contributed by atoms with van der Waals surface area (Å²) in [5, 5.41) is 11.2. The Labute approximate surface area is 155 Å². The number of hydrogen-bond acceptors (Lipinski definition) is 3. The van der Waals surface area contributed by atoms with Crippen LogP contribution < -0.4 is 0 Å². The maximum absolute atomic E-state index is 12.6. The molecular formula is C18H12Cl2N2O2S. The van der Waals surface area contributed by atoms with Gasteiger partial charge in [-0.25, -0.2) is 8.42 Å². The summed E-state index contributed by atoms with van der Waals surface area (Å²) >= 11 is 11.8. The van der Waals surface area contributed by atoms with Crippen molar-refractivity contribution >= 4 is 50.0 Å². The number of nitrogens with zero attached hydrogens (tertiary/aromatic N) is 1. The molecule has 0 unspecified atom stereocenters. The fourth-order valence-electron chi connectivity index (χ4n) is 2.44. The number of aromatic nitrogens is 1. The summed E-state index contributed by atoms with van der Waals surface area (Å²) in [6.07, 6.45) is 3.01. The first kappa shape index (κ1) is 17.6. The van der Waals surface area contributed by atoms with Gasteiger partial charge in [-0.3, -0.25) is 0 Å². The maximum Gasteiger partial charge on any atom is 0.192 e. The molecule has 0 spiro atoms. The zero-order valence-electron chi connectivity index (χ0n) is 12.8. The first-order valence-corrected chi connectivity index (χ1v) is 9.65. The van der Waals surface area contributed by atoms with Crippen LogP contribution in [0.4, 0.5) is 0 Å². The molecule has 0 fully saturated rings. The second-order valence-corrected chi connectivity index (χ2v) is 8.27. The minimum absolute atomic E-state index is 0.271. The lowest BCUT2D eigenvalue weighted by atomic mass is 10.1. The number of nitriles is 1. The van der Waals surface area contributed by atoms with Crippen LogP contribution in [0.25, 0.3) is 17.0 Å². The molecule has 4 nitrogen and oxygen atoms in total. The Balaban J connectivity index is 2.00. The van der Waals surface area contributed by atoms with Crippen molar-refractivity contribution < 1.29 is 8.42 Å². The van der Waals surface area contributed by atoms with Gasteiger partial charge in [0.05, 0.1) is 5.75 Å². The van der Waals surface area contributed by atoms with Crippen molar-refractivity contribution in [2.24, 2.45) is 0 Å². The van der Waals surface area contributed by atoms with Gasteiger partial charge in [-0.05, 0) is 42.0 Å². The molecule has 126 valence electrons. The van der Waals surface area contributed by atoms with Gasteiger partial charge in [0.15, 0.2) is 9.84 Å². The highest BCUT2D eigenvalue weighted by Gasteiger charge is 2.19. The molecule has 0 aliphatic carbocycles. The van der Waals surface area contributed by atoms with Gasteiger partial charge in [-0.2, -0.15) is 5.26 Å². The Morgan fingerprint density at radius 3 is 2.48 bits per heavy atom. The first-order valence-electron chi connectivity index (χ1n) is 7.25. The normalized spacial score (nSPS) is 12.3. The molecule has 3 rings (SSSR count). The molecule has 0 bridgehead atoms. The van der Waals surface area contributed by atoms with Gasteiger partial charge >= 0.3 is 0 Å². The van der Waals surface area contributed by atoms with Crippen LogP contribution in [-0.4, -0.2) is 13.4 Å². The van der Waals surface area contributed by atoms with Crippen LogP contribution in [0, 0.1) is 11.3 Å². The van der Waals surface area contributed by atoms with Gasteiger partial charge < -0.3 is 4.98 Å². The molecular weight excluding hydrogens is 379 g/mol. The molecule has 0 radical (unpaired) electrons. The minimum atomic E-state index is -3.78. The smallest absolute Gasteiger partial charge is 0.192 e. The van der Waals surface area contributed by atoms with E-state index >= 15 is 0 Å². The third-order valence-corrected chi connectivity index (χ3v) is 5.76. The van der Waals surface area contributed by atoms with Crippen molar-refractivity contribution in [2.45, 2.75) is 5.75 Å². The summed E-state index contributed by atoms with van der Waals surface area (Å²) < 4.78 is 25.2. The molecule has 0 atom stereocenters. The SMILES string of the molecule is N#C/C(=C/c1c[nH]c2ccc(Cl)cc12)S(=O)(=O)Cc1ccc(Cl)cc1. The van der Waals surface area contributed by atoms with Gasteiger partial charge in [0, 0.05) is 32.7 Å². The highest BCUT2D eigenvalue weighted by atomic mass is 35.5. The van der Waals surface area contributed by atoms with Crippen molar-refractivity contribution in [3.05, 3.63) is 74.7 Å². The van der Waals surface area contributed by atoms with E-state index in [-0.39, 0.29) is 10.7 Å². The van der Waals surface area contributed by atoms with Crippen molar-refractivity contribution in [1.29, 1.82) is 5.26 Å². The monoisotopic (exact) mass is 390 g/mol. The van der Waals surface area contributed by atoms with Crippen LogP contribution in [0.3, 0.4) is 0 Å². The van der Waals surface area contributed by atoms with E-state index in [4.69, 9.17) is 23.2 Å². The van der Waals surface area contributed by atoms with E-state index in [2.05, 4.69) is 4.98 Å². The lowest BCUT2D eigenvalue weighted by Crippen LogP contribution is -2.06. The highest BCUT2D eigenvalue weighted by molar-refractivity contribution is 7.95. The van der Waals surface area contributed by atoms with Crippen LogP contribution in [-0.2, 0) is 15.6 Å². The molecule has 25 heavy (non-hydrogen) atoms. The molecule has 1 N–H and O–H groups in total. The second-order valence-electron chi connectivity index (χ2n) is 5.44. The van der Waals surface area contributed by atoms with Crippen LogP contribution >= 0.6 is 23.2 Å². The predicted octanol–water partition coefficient (Wildman–Crippen LogP) is 4.95. The van der Waals surface area contributed by atoms with E-state index in [0.29, 0.717) is 21.2 Å². The largest absolute Gasteiger partial charge is 0.361 e. The standard InChI is InChI=1S/C18H12Cl2N2O2S/c19-14-3-1-12(2-4-14)11-25(23,24)16(9-21)7-13-10-22-18-6-5-15(20)8-17(13)18/h1-8,10,22H,11H2/b16-7-. The number of benzene rings is 2. The predicted molar refractivity (Wildman–Crippen MR) is 101 cm³/mol. The molecule has 3 aromatic rings. The van der Waals surface area contributed by atoms with Crippen molar-refractivity contribution in [3.63, 3.8) is 0 Å². The average molecular weight is 391 g/mol. The first-order chi connectivity index (χ1) is 11.9. The zero-order chi connectivity index (χ0) is 18.0.